The monoisotopic (exact) mass is 188 g/mol. The molecule has 0 nitrogen and oxygen atoms in total. The van der Waals surface area contributed by atoms with Crippen LogP contribution >= 0.6 is 11.6 Å². The Balaban J connectivity index is 2.06. The molecule has 0 bridgehead atoms. The average Bonchev–Trinajstić information content (AvgIpc) is 2.72. The summed E-state index contributed by atoms with van der Waals surface area (Å²) in [5.41, 5.74) is 0.565. The molecule has 1 saturated carbocycles. The number of hydrogen-bond donors (Lipinski definition) is 0. The first-order valence-corrected chi connectivity index (χ1v) is 5.84. The Bertz CT molecular complexity index is 129. The lowest BCUT2D eigenvalue weighted by atomic mass is 9.98. The van der Waals surface area contributed by atoms with Crippen LogP contribution < -0.4 is 0 Å². The summed E-state index contributed by atoms with van der Waals surface area (Å²) < 4.78 is 0. The molecule has 1 heteroatoms. The molecule has 0 radical (unpaired) electrons. The fraction of sp³-hybridized carbons (Fsp3) is 1.00. The van der Waals surface area contributed by atoms with E-state index in [0.29, 0.717) is 5.41 Å². The highest BCUT2D eigenvalue weighted by atomic mass is 35.5. The van der Waals surface area contributed by atoms with E-state index in [1.54, 1.807) is 0 Å². The lowest BCUT2D eigenvalue weighted by Crippen LogP contribution is -2.04. The van der Waals surface area contributed by atoms with Gasteiger partial charge in [-0.05, 0) is 24.2 Å². The molecule has 1 aliphatic rings. The summed E-state index contributed by atoms with van der Waals surface area (Å²) >= 11 is 5.96. The van der Waals surface area contributed by atoms with Crippen LogP contribution in [0, 0.1) is 11.3 Å². The second kappa shape index (κ2) is 4.50. The van der Waals surface area contributed by atoms with Crippen LogP contribution in [0.4, 0.5) is 0 Å². The Labute approximate surface area is 81.7 Å². The molecule has 0 amide bonds. The van der Waals surface area contributed by atoms with Gasteiger partial charge >= 0.3 is 0 Å². The molecule has 2 atom stereocenters. The van der Waals surface area contributed by atoms with Gasteiger partial charge in [-0.3, -0.25) is 0 Å². The Morgan fingerprint density at radius 1 is 1.33 bits per heavy atom. The summed E-state index contributed by atoms with van der Waals surface area (Å²) in [6.07, 6.45) is 8.28. The third-order valence-corrected chi connectivity index (χ3v) is 3.92. The molecule has 1 rings (SSSR count). The van der Waals surface area contributed by atoms with Crippen LogP contribution in [0.15, 0.2) is 0 Å². The van der Waals surface area contributed by atoms with E-state index < -0.39 is 0 Å². The van der Waals surface area contributed by atoms with E-state index in [2.05, 4.69) is 13.8 Å². The van der Waals surface area contributed by atoms with E-state index in [9.17, 15) is 0 Å². The number of hydrogen-bond acceptors (Lipinski definition) is 0. The average molecular weight is 189 g/mol. The Morgan fingerprint density at radius 2 is 2.00 bits per heavy atom. The zero-order valence-corrected chi connectivity index (χ0v) is 9.16. The highest BCUT2D eigenvalue weighted by Gasteiger charge is 2.49. The molecule has 0 aliphatic heterocycles. The zero-order valence-electron chi connectivity index (χ0n) is 8.41. The van der Waals surface area contributed by atoms with Crippen molar-refractivity contribution in [2.45, 2.75) is 52.4 Å². The smallest absolute Gasteiger partial charge is 0.0282 e. The predicted octanol–water partition coefficient (Wildman–Crippen LogP) is 4.22. The Kier molecular flexibility index (Phi) is 3.89. The lowest BCUT2D eigenvalue weighted by molar-refractivity contribution is 0.447. The minimum atomic E-state index is 0.565. The molecule has 0 spiro atoms. The first-order chi connectivity index (χ1) is 5.75. The molecule has 0 N–H and O–H groups in total. The summed E-state index contributed by atoms with van der Waals surface area (Å²) in [7, 11) is 0. The molecule has 1 aliphatic carbocycles. The van der Waals surface area contributed by atoms with E-state index in [1.807, 2.05) is 0 Å². The van der Waals surface area contributed by atoms with E-state index in [-0.39, 0.29) is 0 Å². The summed E-state index contributed by atoms with van der Waals surface area (Å²) in [6.45, 7) is 4.60. The number of alkyl halides is 1. The minimum Gasteiger partial charge on any atom is -0.126 e. The van der Waals surface area contributed by atoms with Crippen LogP contribution in [0.25, 0.3) is 0 Å². The molecule has 0 saturated heterocycles. The van der Waals surface area contributed by atoms with Gasteiger partial charge in [-0.2, -0.15) is 0 Å². The molecule has 0 aromatic carbocycles. The predicted molar refractivity (Wildman–Crippen MR) is 55.7 cm³/mol. The van der Waals surface area contributed by atoms with E-state index in [4.69, 9.17) is 11.6 Å². The summed E-state index contributed by atoms with van der Waals surface area (Å²) in [5.74, 6) is 1.79. The number of halogens is 1. The normalized spacial score (nSPS) is 33.8. The van der Waals surface area contributed by atoms with E-state index in [1.165, 1.54) is 38.5 Å². The van der Waals surface area contributed by atoms with Gasteiger partial charge in [0, 0.05) is 5.88 Å². The van der Waals surface area contributed by atoms with Gasteiger partial charge in [-0.15, -0.1) is 11.6 Å². The maximum Gasteiger partial charge on any atom is 0.0282 e. The highest BCUT2D eigenvalue weighted by molar-refractivity contribution is 6.18. The molecule has 0 aromatic heterocycles. The molecule has 0 heterocycles. The lowest BCUT2D eigenvalue weighted by Gasteiger charge is -2.11. The van der Waals surface area contributed by atoms with Crippen molar-refractivity contribution in [3.63, 3.8) is 0 Å². The van der Waals surface area contributed by atoms with Crippen LogP contribution in [0.1, 0.15) is 52.4 Å². The van der Waals surface area contributed by atoms with E-state index >= 15 is 0 Å². The van der Waals surface area contributed by atoms with Crippen LogP contribution in [0.3, 0.4) is 0 Å². The SMILES string of the molecule is CCCCCCC1(CCl)CC1C. The Morgan fingerprint density at radius 3 is 2.42 bits per heavy atom. The van der Waals surface area contributed by atoms with Crippen molar-refractivity contribution in [2.75, 3.05) is 5.88 Å². The molecule has 0 aromatic rings. The molecule has 1 fully saturated rings. The molecule has 2 unspecified atom stereocenters. The van der Waals surface area contributed by atoms with Crippen LogP contribution in [0.2, 0.25) is 0 Å². The summed E-state index contributed by atoms with van der Waals surface area (Å²) in [5, 5.41) is 0. The third kappa shape index (κ3) is 2.39. The second-order valence-corrected chi connectivity index (χ2v) is 4.68. The van der Waals surface area contributed by atoms with Gasteiger partial charge in [0.1, 0.15) is 0 Å². The summed E-state index contributed by atoms with van der Waals surface area (Å²) in [4.78, 5) is 0. The van der Waals surface area contributed by atoms with Crippen molar-refractivity contribution in [1.29, 1.82) is 0 Å². The quantitative estimate of drug-likeness (QED) is 0.433. The van der Waals surface area contributed by atoms with Gasteiger partial charge in [0.25, 0.3) is 0 Å². The highest BCUT2D eigenvalue weighted by Crippen LogP contribution is 2.56. The van der Waals surface area contributed by atoms with Gasteiger partial charge in [0.15, 0.2) is 0 Å². The maximum absolute atomic E-state index is 5.96. The van der Waals surface area contributed by atoms with Crippen molar-refractivity contribution in [3.05, 3.63) is 0 Å². The molecule has 12 heavy (non-hydrogen) atoms. The standard InChI is InChI=1S/C11H21Cl/c1-3-4-5-6-7-11(9-12)8-10(11)2/h10H,3-9H2,1-2H3. The molecule has 72 valence electrons. The van der Waals surface area contributed by atoms with E-state index in [0.717, 1.165) is 11.8 Å². The van der Waals surface area contributed by atoms with Crippen molar-refractivity contribution in [1.82, 2.24) is 0 Å². The van der Waals surface area contributed by atoms with Crippen molar-refractivity contribution < 1.29 is 0 Å². The van der Waals surface area contributed by atoms with Crippen molar-refractivity contribution in [2.24, 2.45) is 11.3 Å². The summed E-state index contributed by atoms with van der Waals surface area (Å²) in [6, 6.07) is 0. The topological polar surface area (TPSA) is 0 Å². The molecular weight excluding hydrogens is 168 g/mol. The largest absolute Gasteiger partial charge is 0.126 e. The van der Waals surface area contributed by atoms with Gasteiger partial charge < -0.3 is 0 Å². The first kappa shape index (κ1) is 10.4. The number of unbranched alkanes of at least 4 members (excludes halogenated alkanes) is 3. The number of rotatable bonds is 6. The Hall–Kier alpha value is 0.290. The zero-order chi connectivity index (χ0) is 9.03. The fourth-order valence-electron chi connectivity index (χ4n) is 2.06. The van der Waals surface area contributed by atoms with Gasteiger partial charge in [-0.25, -0.2) is 0 Å². The van der Waals surface area contributed by atoms with Crippen molar-refractivity contribution in [3.8, 4) is 0 Å². The van der Waals surface area contributed by atoms with Crippen LogP contribution in [0.5, 0.6) is 0 Å². The third-order valence-electron chi connectivity index (χ3n) is 3.39. The van der Waals surface area contributed by atoms with Crippen LogP contribution in [-0.4, -0.2) is 5.88 Å². The first-order valence-electron chi connectivity index (χ1n) is 5.31. The second-order valence-electron chi connectivity index (χ2n) is 4.41. The van der Waals surface area contributed by atoms with Crippen molar-refractivity contribution >= 4 is 11.6 Å². The van der Waals surface area contributed by atoms with Gasteiger partial charge in [0.05, 0.1) is 0 Å². The maximum atomic E-state index is 5.96. The van der Waals surface area contributed by atoms with Gasteiger partial charge in [-0.1, -0.05) is 39.5 Å². The van der Waals surface area contributed by atoms with Gasteiger partial charge in [0.2, 0.25) is 0 Å². The van der Waals surface area contributed by atoms with Crippen LogP contribution in [-0.2, 0) is 0 Å². The molecular formula is C11H21Cl. The minimum absolute atomic E-state index is 0.565. The fourth-order valence-corrected chi connectivity index (χ4v) is 2.56.